The monoisotopic (exact) mass is 839 g/mol. The van der Waals surface area contributed by atoms with Crippen LogP contribution in [0.3, 0.4) is 0 Å². The maximum absolute atomic E-state index is 2.69. The van der Waals surface area contributed by atoms with Gasteiger partial charge in [-0.1, -0.05) is 168 Å². The minimum absolute atomic E-state index is 0. The van der Waals surface area contributed by atoms with Crippen molar-refractivity contribution >= 4 is 12.1 Å². The van der Waals surface area contributed by atoms with E-state index < -0.39 is 0 Å². The van der Waals surface area contributed by atoms with Crippen LogP contribution in [0, 0.1) is 0 Å². The Hall–Kier alpha value is 1.15. The summed E-state index contributed by atoms with van der Waals surface area (Å²) < 4.78 is 8.00. The van der Waals surface area contributed by atoms with Gasteiger partial charge in [-0.25, -0.2) is 8.61 Å². The maximum atomic E-state index is 2.69. The van der Waals surface area contributed by atoms with Crippen LogP contribution >= 0.6 is 12.1 Å². The molecule has 0 aromatic heterocycles. The van der Waals surface area contributed by atoms with Gasteiger partial charge in [0.25, 0.3) is 0 Å². The highest BCUT2D eigenvalue weighted by molar-refractivity contribution is 7.94. The first kappa shape index (κ1) is 50.1. The largest absolute Gasteiger partial charge is 1.00 e. The van der Waals surface area contributed by atoms with Crippen LogP contribution in [0.25, 0.3) is 0 Å². The number of hydrogen-bond acceptors (Lipinski definition) is 3. The van der Waals surface area contributed by atoms with Crippen LogP contribution in [0.2, 0.25) is 0 Å². The van der Waals surface area contributed by atoms with Crippen molar-refractivity contribution in [1.82, 2.24) is 8.61 Å². The number of hydrogen-bond donors (Lipinski definition) is 0. The van der Waals surface area contributed by atoms with E-state index in [1.807, 2.05) is 0 Å². The number of halogens is 2. The second kappa shape index (κ2) is 33.7. The molecule has 4 nitrogen and oxygen atoms in total. The van der Waals surface area contributed by atoms with Crippen LogP contribution in [-0.2, 0) is 0 Å². The summed E-state index contributed by atoms with van der Waals surface area (Å²) in [6.07, 6.45) is 40.8. The van der Waals surface area contributed by atoms with E-state index in [1.54, 1.807) is 0 Å². The van der Waals surface area contributed by atoms with Gasteiger partial charge >= 0.3 is 0 Å². The Bertz CT molecular complexity index is 628. The molecule has 2 rings (SSSR count). The lowest BCUT2D eigenvalue weighted by atomic mass is 10.0. The fourth-order valence-electron chi connectivity index (χ4n) is 8.01. The van der Waals surface area contributed by atoms with Gasteiger partial charge in [-0.05, 0) is 25.7 Å². The van der Waals surface area contributed by atoms with Gasteiger partial charge in [-0.2, -0.15) is 0 Å². The number of piperazine rings is 2. The van der Waals surface area contributed by atoms with Crippen LogP contribution in [0.5, 0.6) is 0 Å². The maximum Gasteiger partial charge on any atom is 0.0924 e. The van der Waals surface area contributed by atoms with Crippen LogP contribution in [0.1, 0.15) is 194 Å². The van der Waals surface area contributed by atoms with Crippen molar-refractivity contribution in [3.05, 3.63) is 0 Å². The molecule has 296 valence electrons. The van der Waals surface area contributed by atoms with Gasteiger partial charge in [0.15, 0.2) is 0 Å². The molecule has 2 aliphatic heterocycles. The van der Waals surface area contributed by atoms with Gasteiger partial charge in [0.05, 0.1) is 79.5 Å². The fraction of sp³-hybridized carbons (Fsp3) is 1.00. The Balaban J connectivity index is 0.0000115. The third-order valence-electron chi connectivity index (χ3n) is 11.9. The van der Waals surface area contributed by atoms with Crippen LogP contribution in [0.4, 0.5) is 0 Å². The molecule has 0 amide bonds. The SMILES string of the molecule is CCCCCCCCCCCCCCCC[N+]1(C)CCN(SN2CC[N+](C)(CCCCCCCCCCCCCCCC)CC2)CC1.[Br-].[Br-]. The summed E-state index contributed by atoms with van der Waals surface area (Å²) >= 11 is 2.09. The number of nitrogens with zero attached hydrogens (tertiary/aromatic N) is 4. The lowest BCUT2D eigenvalue weighted by Crippen LogP contribution is -3.00. The van der Waals surface area contributed by atoms with E-state index in [0.717, 1.165) is 0 Å². The molecule has 0 spiro atoms. The molecule has 0 unspecified atom stereocenters. The topological polar surface area (TPSA) is 6.48 Å². The molecule has 0 aromatic rings. The molecule has 0 radical (unpaired) electrons. The lowest BCUT2D eigenvalue weighted by molar-refractivity contribution is -0.913. The van der Waals surface area contributed by atoms with Crippen molar-refractivity contribution in [3.8, 4) is 0 Å². The summed E-state index contributed by atoms with van der Waals surface area (Å²) in [4.78, 5) is 0. The minimum atomic E-state index is 0. The van der Waals surface area contributed by atoms with E-state index >= 15 is 0 Å². The molecule has 7 heteroatoms. The predicted molar refractivity (Wildman–Crippen MR) is 213 cm³/mol. The highest BCUT2D eigenvalue weighted by atomic mass is 79.9. The van der Waals surface area contributed by atoms with Gasteiger partial charge in [-0.15, -0.1) is 0 Å². The second-order valence-corrected chi connectivity index (χ2v) is 17.9. The standard InChI is InChI=1S/C42H88N4S.2BrH/c1-5-7-9-11-13-15-17-19-21-23-25-27-29-31-37-45(3)39-33-43(34-40-45)47-44-35-41-46(4,42-36-44)38-32-30-28-26-24-22-20-18-16-14-12-10-8-6-2;;/h5-42H2,1-4H3;2*1H/q+2;;/p-2. The Morgan fingerprint density at radius 1 is 0.347 bits per heavy atom. The third-order valence-corrected chi connectivity index (χ3v) is 13.1. The molecule has 0 atom stereocenters. The summed E-state index contributed by atoms with van der Waals surface area (Å²) in [5.41, 5.74) is 0. The zero-order chi connectivity index (χ0) is 33.7. The number of unbranched alkanes of at least 4 members (excludes halogenated alkanes) is 26. The normalized spacial score (nSPS) is 17.9. The van der Waals surface area contributed by atoms with Gasteiger partial charge in [0.1, 0.15) is 0 Å². The minimum Gasteiger partial charge on any atom is -1.00 e. The average Bonchev–Trinajstić information content (AvgIpc) is 3.07. The quantitative estimate of drug-likeness (QED) is 0.0464. The van der Waals surface area contributed by atoms with Gasteiger partial charge in [0, 0.05) is 12.1 Å². The van der Waals surface area contributed by atoms with Crippen molar-refractivity contribution in [2.24, 2.45) is 0 Å². The van der Waals surface area contributed by atoms with E-state index in [9.17, 15) is 0 Å². The molecular weight excluding hydrogens is 752 g/mol. The molecule has 2 heterocycles. The van der Waals surface area contributed by atoms with E-state index in [2.05, 4.69) is 48.7 Å². The Kier molecular flexibility index (Phi) is 34.5. The van der Waals surface area contributed by atoms with Crippen molar-refractivity contribution in [2.45, 2.75) is 194 Å². The van der Waals surface area contributed by atoms with Crippen LogP contribution in [0.15, 0.2) is 0 Å². The summed E-state index contributed by atoms with van der Waals surface area (Å²) in [6.45, 7) is 17.8. The average molecular weight is 841 g/mol. The molecule has 0 bridgehead atoms. The van der Waals surface area contributed by atoms with Crippen molar-refractivity contribution in [3.63, 3.8) is 0 Å². The Morgan fingerprint density at radius 3 is 0.776 bits per heavy atom. The van der Waals surface area contributed by atoms with Crippen molar-refractivity contribution < 1.29 is 42.9 Å². The van der Waals surface area contributed by atoms with Gasteiger partial charge in [-0.3, -0.25) is 0 Å². The molecule has 0 N–H and O–H groups in total. The Morgan fingerprint density at radius 2 is 0.551 bits per heavy atom. The van der Waals surface area contributed by atoms with Crippen LogP contribution < -0.4 is 34.0 Å². The molecule has 49 heavy (non-hydrogen) atoms. The highest BCUT2D eigenvalue weighted by Gasteiger charge is 2.33. The zero-order valence-corrected chi connectivity index (χ0v) is 37.8. The number of quaternary nitrogens is 2. The molecule has 0 aromatic carbocycles. The van der Waals surface area contributed by atoms with Gasteiger partial charge < -0.3 is 42.9 Å². The third kappa shape index (κ3) is 27.4. The fourth-order valence-corrected chi connectivity index (χ4v) is 8.99. The first-order valence-electron chi connectivity index (χ1n) is 21.8. The molecule has 2 aliphatic rings. The van der Waals surface area contributed by atoms with Crippen LogP contribution in [-0.4, -0.2) is 97.1 Å². The lowest BCUT2D eigenvalue weighted by Gasteiger charge is -2.45. The zero-order valence-electron chi connectivity index (χ0n) is 33.8. The van der Waals surface area contributed by atoms with Crippen molar-refractivity contribution in [2.75, 3.05) is 79.5 Å². The second-order valence-electron chi connectivity index (χ2n) is 16.7. The summed E-state index contributed by atoms with van der Waals surface area (Å²) in [5.74, 6) is 0. The van der Waals surface area contributed by atoms with E-state index in [-0.39, 0.29) is 34.0 Å². The molecule has 2 fully saturated rings. The highest BCUT2D eigenvalue weighted by Crippen LogP contribution is 2.25. The summed E-state index contributed by atoms with van der Waals surface area (Å²) in [7, 11) is 5.07. The smallest absolute Gasteiger partial charge is 0.0924 e. The molecule has 0 aliphatic carbocycles. The summed E-state index contributed by atoms with van der Waals surface area (Å²) in [5, 5.41) is 0. The first-order valence-corrected chi connectivity index (χ1v) is 22.6. The van der Waals surface area contributed by atoms with E-state index in [0.29, 0.717) is 0 Å². The van der Waals surface area contributed by atoms with Gasteiger partial charge in [0.2, 0.25) is 0 Å². The molecule has 0 saturated carbocycles. The molecular formula is C42H88Br2N4S. The first-order chi connectivity index (χ1) is 23.0. The Labute approximate surface area is 335 Å². The number of likely N-dealkylation sites (N-methyl/N-ethyl adjacent to an activating group) is 2. The summed E-state index contributed by atoms with van der Waals surface area (Å²) in [6, 6.07) is 0. The molecule has 2 saturated heterocycles. The number of rotatable bonds is 32. The van der Waals surface area contributed by atoms with Crippen molar-refractivity contribution in [1.29, 1.82) is 0 Å². The predicted octanol–water partition coefficient (Wildman–Crippen LogP) is 6.04. The van der Waals surface area contributed by atoms with E-state index in [1.165, 1.54) is 254 Å². The van der Waals surface area contributed by atoms with E-state index in [4.69, 9.17) is 0 Å².